The van der Waals surface area contributed by atoms with Crippen molar-refractivity contribution in [3.8, 4) is 0 Å². The second-order valence-electron chi connectivity index (χ2n) is 24.0. The quantitative estimate of drug-likeness (QED) is 0.0101. The third-order valence-corrected chi connectivity index (χ3v) is 25.2. The lowest BCUT2D eigenvalue weighted by Crippen LogP contribution is -2.36. The highest BCUT2D eigenvalue weighted by atomic mass is 35.5. The summed E-state index contributed by atoms with van der Waals surface area (Å²) in [5.74, 6) is -1.39. The molecule has 3 aliphatic heterocycles. The van der Waals surface area contributed by atoms with Gasteiger partial charge in [0.15, 0.2) is 24.1 Å². The number of nitrogen functional groups attached to an aromatic ring is 2. The van der Waals surface area contributed by atoms with Gasteiger partial charge in [0, 0.05) is 59.3 Å². The number of carbonyl (C=O) groups is 2. The van der Waals surface area contributed by atoms with Gasteiger partial charge in [-0.15, -0.1) is 35.0 Å². The van der Waals surface area contributed by atoms with E-state index < -0.39 is 107 Å². The number of esters is 1. The molecule has 0 bridgehead atoms. The Kier molecular flexibility index (Phi) is 48.0. The lowest BCUT2D eigenvalue weighted by atomic mass is 10.1. The van der Waals surface area contributed by atoms with Crippen molar-refractivity contribution in [3.63, 3.8) is 0 Å². The highest BCUT2D eigenvalue weighted by Gasteiger charge is 2.47. The predicted molar refractivity (Wildman–Crippen MR) is 380 cm³/mol. The summed E-state index contributed by atoms with van der Waals surface area (Å²) >= 11 is 0. The van der Waals surface area contributed by atoms with Crippen LogP contribution in [0.1, 0.15) is 192 Å². The number of aliphatic hydroxyl groups excluding tert-OH is 4. The molecule has 2 aromatic rings. The number of nitrogens with two attached hydrogens (primary N) is 2. The normalized spacial score (nSPS) is 22.7. The van der Waals surface area contributed by atoms with Crippen LogP contribution >= 0.6 is 70.3 Å². The van der Waals surface area contributed by atoms with Crippen molar-refractivity contribution in [1.29, 1.82) is 10.8 Å². The van der Waals surface area contributed by atoms with Crippen molar-refractivity contribution < 1.29 is 98.3 Å². The van der Waals surface area contributed by atoms with Crippen molar-refractivity contribution in [2.45, 2.75) is 217 Å². The smallest absolute Gasteiger partial charge is 0.383 e. The number of carbonyl (C=O) groups excluding carboxylic acids is 2. The molecule has 5 rings (SSSR count). The van der Waals surface area contributed by atoms with Crippen molar-refractivity contribution in [2.24, 2.45) is 11.5 Å². The Bertz CT molecular complexity index is 2860. The second-order valence-corrected chi connectivity index (χ2v) is 37.2. The van der Waals surface area contributed by atoms with Crippen LogP contribution in [0.25, 0.3) is 0 Å². The molecular weight excluding hydrogens is 1430 g/mol. The average molecular weight is 1550 g/mol. The Morgan fingerprint density at radius 2 is 0.959 bits per heavy atom. The monoisotopic (exact) mass is 1540 g/mol. The average Bonchev–Trinajstić information content (AvgIpc) is 1.68. The van der Waals surface area contributed by atoms with Gasteiger partial charge in [-0.2, -0.15) is 0 Å². The predicted octanol–water partition coefficient (Wildman–Crippen LogP) is 11.0. The summed E-state index contributed by atoms with van der Waals surface area (Å²) in [6.07, 6.45) is 25.1. The molecular formula is C57H114Cl2N11O21P6+. The molecule has 0 amide bonds. The van der Waals surface area contributed by atoms with E-state index in [4.69, 9.17) is 63.0 Å². The summed E-state index contributed by atoms with van der Waals surface area (Å²) in [5.41, 5.74) is 10.6. The zero-order valence-electron chi connectivity index (χ0n) is 58.2. The highest BCUT2D eigenvalue weighted by molar-refractivity contribution is 7.71. The largest absolute Gasteiger partial charge is 0.469 e. The third kappa shape index (κ3) is 40.3. The fourth-order valence-electron chi connectivity index (χ4n) is 9.77. The van der Waals surface area contributed by atoms with Crippen molar-refractivity contribution in [1.82, 2.24) is 34.2 Å². The number of morpholine rings is 1. The molecule has 97 heavy (non-hydrogen) atoms. The van der Waals surface area contributed by atoms with Gasteiger partial charge in [0.05, 0.1) is 40.2 Å². The third-order valence-electron chi connectivity index (χ3n) is 14.5. The number of nitrogens with one attached hydrogen (secondary N) is 2. The number of rotatable bonds is 42. The van der Waals surface area contributed by atoms with Gasteiger partial charge in [0.2, 0.25) is 19.0 Å². The minimum absolute atomic E-state index is 0. The number of halogens is 2. The maximum atomic E-state index is 12.7. The molecule has 10 N–H and O–H groups in total. The SMILES string of the molecule is C=[P+](C)OP(C)(=O)OP(C)(=O)OCC1OC(n2cnc(C(=N)N)n2)C(O)C1O.CCCCCCCCCCCCCC(=O)OC.CCCCCCCCCCCCCC(=O)OP(C)(=O)OP(C)(C)=O.CP(=O)(OCC1OC(n2cnc(C(=N)N)n2)C(O)C1O)N1CCOCC1.Cl.Cl. The molecule has 0 saturated carbocycles. The van der Waals surface area contributed by atoms with Gasteiger partial charge in [0.1, 0.15) is 62.2 Å². The zero-order chi connectivity index (χ0) is 71.4. The first kappa shape index (κ1) is 94.5. The Labute approximate surface area is 586 Å². The van der Waals surface area contributed by atoms with E-state index in [2.05, 4.69) is 45.0 Å². The molecule has 13 atom stereocenters. The standard InChI is InChI=1S/C17H36O5P2.C15H30O2.C13H23N6O6P.C12H23N5O8P3.2ClH/c1-5-6-7-8-9-10-11-12-13-14-15-16-17(18)21-24(4,20)22-23(2,3)19;1-3-4-5-6-7-8-9-10-11-12-13-14-15(16)17-2;1-26(22,18-2-4-23-5-3-18)24-6-8-9(20)10(21)13(25-8)19-7-16-12(17-19)11(14)15;1-26(2)24-28(4,21)25-27(3,20)22-5-7-8(18)9(19)12(23-7)17-6-15-11(16-17)10(13)14;;/h5-16H2,1-4H3;3-14H2,1-2H3;7-10,13,20-21H,2-6H2,1H3,(H3,14,15);6-9,12,18-19H,1,5H2,2-4H3,(H3,13,14);2*1H/q;;;+1;;. The van der Waals surface area contributed by atoms with E-state index in [-0.39, 0.29) is 67.1 Å². The summed E-state index contributed by atoms with van der Waals surface area (Å²) in [7, 11) is -16.9. The Balaban J connectivity index is 0.00000128. The van der Waals surface area contributed by atoms with Crippen LogP contribution in [-0.4, -0.2) is 214 Å². The summed E-state index contributed by atoms with van der Waals surface area (Å²) in [4.78, 5) is 30.1. The summed E-state index contributed by atoms with van der Waals surface area (Å²) in [6.45, 7) is 15.1. The molecule has 0 spiro atoms. The van der Waals surface area contributed by atoms with Crippen LogP contribution in [0, 0.1) is 10.8 Å². The topological polar surface area (TPSA) is 457 Å². The van der Waals surface area contributed by atoms with Gasteiger partial charge >= 0.3 is 34.7 Å². The van der Waals surface area contributed by atoms with E-state index in [1.165, 1.54) is 167 Å². The maximum Gasteiger partial charge on any atom is 0.383 e. The Hall–Kier alpha value is -2.46. The lowest BCUT2D eigenvalue weighted by molar-refractivity contribution is -0.140. The fraction of sp³-hybridized carbons (Fsp3) is 0.842. The van der Waals surface area contributed by atoms with Gasteiger partial charge in [-0.3, -0.25) is 38.7 Å². The van der Waals surface area contributed by atoms with Crippen molar-refractivity contribution in [3.05, 3.63) is 24.3 Å². The molecule has 566 valence electrons. The first-order valence-electron chi connectivity index (χ1n) is 32.5. The van der Waals surface area contributed by atoms with E-state index in [9.17, 15) is 52.8 Å². The van der Waals surface area contributed by atoms with Crippen LogP contribution in [0.2, 0.25) is 0 Å². The van der Waals surface area contributed by atoms with Gasteiger partial charge in [0.25, 0.3) is 15.3 Å². The van der Waals surface area contributed by atoms with E-state index in [1.54, 1.807) is 11.3 Å². The van der Waals surface area contributed by atoms with Gasteiger partial charge in [-0.25, -0.2) is 37.2 Å². The molecule has 3 saturated heterocycles. The van der Waals surface area contributed by atoms with Gasteiger partial charge < -0.3 is 64.4 Å². The van der Waals surface area contributed by atoms with Crippen molar-refractivity contribution in [2.75, 3.05) is 93.3 Å². The number of methoxy groups -OCH3 is 1. The highest BCUT2D eigenvalue weighted by Crippen LogP contribution is 2.64. The minimum atomic E-state index is -3.83. The van der Waals surface area contributed by atoms with E-state index in [0.717, 1.165) is 43.7 Å². The van der Waals surface area contributed by atoms with E-state index in [0.29, 0.717) is 32.7 Å². The molecule has 0 aromatic carbocycles. The molecule has 3 aliphatic rings. The number of nitrogens with zero attached hydrogens (tertiary/aromatic N) is 7. The number of aromatic nitrogens is 6. The first-order valence-corrected chi connectivity index (χ1v) is 45.0. The second kappa shape index (κ2) is 49.2. The van der Waals surface area contributed by atoms with E-state index >= 15 is 0 Å². The molecule has 2 aromatic heterocycles. The van der Waals surface area contributed by atoms with Crippen LogP contribution in [0.3, 0.4) is 0 Å². The molecule has 40 heteroatoms. The van der Waals surface area contributed by atoms with Gasteiger partial charge in [-0.1, -0.05) is 147 Å². The number of hydrogen-bond acceptors (Lipinski definition) is 27. The Morgan fingerprint density at radius 3 is 1.31 bits per heavy atom. The van der Waals surface area contributed by atoms with Crippen LogP contribution in [-0.2, 0) is 77.9 Å². The number of amidine groups is 2. The Morgan fingerprint density at radius 1 is 0.588 bits per heavy atom. The number of hydrogen-bond donors (Lipinski definition) is 8. The van der Waals surface area contributed by atoms with Crippen LogP contribution in [0.4, 0.5) is 0 Å². The van der Waals surface area contributed by atoms with Crippen molar-refractivity contribution >= 4 is 100 Å². The van der Waals surface area contributed by atoms with Crippen LogP contribution in [0.15, 0.2) is 12.7 Å². The zero-order valence-corrected chi connectivity index (χ0v) is 65.2. The molecule has 5 heterocycles. The summed E-state index contributed by atoms with van der Waals surface area (Å²) < 4.78 is 116. The van der Waals surface area contributed by atoms with E-state index in [1.807, 2.05) is 0 Å². The minimum Gasteiger partial charge on any atom is -0.469 e. The molecule has 13 unspecified atom stereocenters. The summed E-state index contributed by atoms with van der Waals surface area (Å²) in [6, 6.07) is 0. The first-order chi connectivity index (χ1) is 44.6. The number of ether oxygens (including phenoxy) is 4. The fourth-order valence-corrected chi connectivity index (χ4v) is 19.9. The van der Waals surface area contributed by atoms with Gasteiger partial charge in [-0.05, 0) is 12.8 Å². The van der Waals surface area contributed by atoms with Crippen LogP contribution < -0.4 is 11.5 Å². The maximum absolute atomic E-state index is 12.7. The molecule has 0 radical (unpaired) electrons. The number of aliphatic hydroxyl groups is 4. The lowest BCUT2D eigenvalue weighted by Gasteiger charge is -2.32. The summed E-state index contributed by atoms with van der Waals surface area (Å²) in [5, 5.41) is 63.1. The van der Waals surface area contributed by atoms with Crippen LogP contribution in [0.5, 0.6) is 0 Å². The molecule has 0 aliphatic carbocycles. The number of unbranched alkanes of at least 4 members (excludes halogenated alkanes) is 20. The molecule has 32 nitrogen and oxygen atoms in total. The molecule has 3 fully saturated rings.